The minimum Gasteiger partial charge on any atom is -0.327 e. The van der Waals surface area contributed by atoms with Crippen molar-refractivity contribution in [1.29, 1.82) is 0 Å². The van der Waals surface area contributed by atoms with Gasteiger partial charge in [0.2, 0.25) is 0 Å². The molecular formula is C14H10ClFN2. The Labute approximate surface area is 109 Å². The van der Waals surface area contributed by atoms with Crippen molar-refractivity contribution in [3.63, 3.8) is 0 Å². The van der Waals surface area contributed by atoms with Crippen LogP contribution >= 0.6 is 11.6 Å². The minimum absolute atomic E-state index is 0.266. The molecule has 0 spiro atoms. The first kappa shape index (κ1) is 11.2. The van der Waals surface area contributed by atoms with Gasteiger partial charge >= 0.3 is 0 Å². The Bertz CT molecular complexity index is 734. The third kappa shape index (κ3) is 1.77. The van der Waals surface area contributed by atoms with Gasteiger partial charge in [-0.05, 0) is 30.3 Å². The molecule has 0 bridgehead atoms. The molecule has 0 radical (unpaired) electrons. The van der Waals surface area contributed by atoms with Crippen LogP contribution < -0.4 is 0 Å². The molecule has 0 aliphatic carbocycles. The monoisotopic (exact) mass is 260 g/mol. The summed E-state index contributed by atoms with van der Waals surface area (Å²) >= 11 is 5.94. The van der Waals surface area contributed by atoms with E-state index in [1.54, 1.807) is 12.1 Å². The molecule has 1 heterocycles. The van der Waals surface area contributed by atoms with Crippen LogP contribution in [0.15, 0.2) is 42.5 Å². The predicted molar refractivity (Wildman–Crippen MR) is 71.1 cm³/mol. The van der Waals surface area contributed by atoms with Crippen molar-refractivity contribution in [2.75, 3.05) is 0 Å². The number of aromatic nitrogens is 2. The highest BCUT2D eigenvalue weighted by atomic mass is 35.5. The Morgan fingerprint density at radius 2 is 2.00 bits per heavy atom. The van der Waals surface area contributed by atoms with Gasteiger partial charge in [-0.1, -0.05) is 23.7 Å². The van der Waals surface area contributed by atoms with Gasteiger partial charge in [-0.15, -0.1) is 0 Å². The smallest absolute Gasteiger partial charge is 0.140 e. The first-order valence-corrected chi connectivity index (χ1v) is 5.91. The third-order valence-corrected chi connectivity index (χ3v) is 3.16. The lowest BCUT2D eigenvalue weighted by molar-refractivity contribution is 0.628. The number of hydrogen-bond acceptors (Lipinski definition) is 1. The van der Waals surface area contributed by atoms with Crippen molar-refractivity contribution in [2.45, 2.75) is 0 Å². The number of nitrogens with zero attached hydrogens (tertiary/aromatic N) is 2. The van der Waals surface area contributed by atoms with Crippen molar-refractivity contribution >= 4 is 22.6 Å². The first-order chi connectivity index (χ1) is 8.65. The highest BCUT2D eigenvalue weighted by molar-refractivity contribution is 6.31. The van der Waals surface area contributed by atoms with Crippen molar-refractivity contribution in [3.8, 4) is 11.4 Å². The van der Waals surface area contributed by atoms with E-state index in [1.807, 2.05) is 29.8 Å². The van der Waals surface area contributed by atoms with Crippen LogP contribution in [0.25, 0.3) is 22.4 Å². The number of aryl methyl sites for hydroxylation is 1. The van der Waals surface area contributed by atoms with Gasteiger partial charge in [0, 0.05) is 17.6 Å². The van der Waals surface area contributed by atoms with Crippen LogP contribution in [0.3, 0.4) is 0 Å². The fourth-order valence-corrected chi connectivity index (χ4v) is 2.23. The topological polar surface area (TPSA) is 17.8 Å². The summed E-state index contributed by atoms with van der Waals surface area (Å²) in [4.78, 5) is 4.50. The Kier molecular flexibility index (Phi) is 2.56. The molecule has 1 aromatic heterocycles. The Balaban J connectivity index is 2.27. The normalized spacial score (nSPS) is 11.1. The molecule has 90 valence electrons. The van der Waals surface area contributed by atoms with Gasteiger partial charge in [0.1, 0.15) is 11.6 Å². The maximum atomic E-state index is 13.2. The third-order valence-electron chi connectivity index (χ3n) is 2.93. The predicted octanol–water partition coefficient (Wildman–Crippen LogP) is 4.03. The van der Waals surface area contributed by atoms with E-state index in [0.29, 0.717) is 5.02 Å². The molecule has 0 atom stereocenters. The molecule has 18 heavy (non-hydrogen) atoms. The number of benzene rings is 2. The van der Waals surface area contributed by atoms with Gasteiger partial charge in [0.25, 0.3) is 0 Å². The second kappa shape index (κ2) is 4.10. The lowest BCUT2D eigenvalue weighted by Gasteiger charge is -2.02. The van der Waals surface area contributed by atoms with Crippen LogP contribution in [-0.4, -0.2) is 9.55 Å². The van der Waals surface area contributed by atoms with E-state index in [-0.39, 0.29) is 5.82 Å². The van der Waals surface area contributed by atoms with E-state index in [0.717, 1.165) is 22.4 Å². The minimum atomic E-state index is -0.266. The highest BCUT2D eigenvalue weighted by Gasteiger charge is 2.10. The molecule has 3 rings (SSSR count). The van der Waals surface area contributed by atoms with E-state index < -0.39 is 0 Å². The van der Waals surface area contributed by atoms with Crippen molar-refractivity contribution < 1.29 is 4.39 Å². The molecule has 0 saturated heterocycles. The van der Waals surface area contributed by atoms with E-state index >= 15 is 0 Å². The van der Waals surface area contributed by atoms with E-state index in [9.17, 15) is 4.39 Å². The molecular weight excluding hydrogens is 251 g/mol. The second-order valence-corrected chi connectivity index (χ2v) is 4.57. The van der Waals surface area contributed by atoms with Gasteiger partial charge in [-0.25, -0.2) is 9.37 Å². The SMILES string of the molecule is Cn1c(-c2cccc(F)c2)nc2cc(Cl)ccc21. The van der Waals surface area contributed by atoms with Crippen LogP contribution in [0, 0.1) is 5.82 Å². The van der Waals surface area contributed by atoms with Crippen molar-refractivity contribution in [2.24, 2.45) is 7.05 Å². The van der Waals surface area contributed by atoms with E-state index in [4.69, 9.17) is 11.6 Å². The largest absolute Gasteiger partial charge is 0.327 e. The zero-order valence-corrected chi connectivity index (χ0v) is 10.4. The summed E-state index contributed by atoms with van der Waals surface area (Å²) in [7, 11) is 1.91. The van der Waals surface area contributed by atoms with E-state index in [2.05, 4.69) is 4.98 Å². The maximum Gasteiger partial charge on any atom is 0.140 e. The van der Waals surface area contributed by atoms with Crippen LogP contribution in [0.1, 0.15) is 0 Å². The summed E-state index contributed by atoms with van der Waals surface area (Å²) in [5, 5.41) is 0.645. The lowest BCUT2D eigenvalue weighted by atomic mass is 10.2. The van der Waals surface area contributed by atoms with Crippen LogP contribution in [0.5, 0.6) is 0 Å². The van der Waals surface area contributed by atoms with Gasteiger partial charge in [0.05, 0.1) is 11.0 Å². The number of imidazole rings is 1. The van der Waals surface area contributed by atoms with Crippen molar-refractivity contribution in [3.05, 3.63) is 53.3 Å². The molecule has 2 nitrogen and oxygen atoms in total. The Morgan fingerprint density at radius 1 is 1.17 bits per heavy atom. The number of halogens is 2. The summed E-state index contributed by atoms with van der Waals surface area (Å²) in [5.74, 6) is 0.462. The summed E-state index contributed by atoms with van der Waals surface area (Å²) < 4.78 is 15.2. The van der Waals surface area contributed by atoms with Gasteiger partial charge in [-0.3, -0.25) is 0 Å². The molecule has 2 aromatic carbocycles. The molecule has 0 amide bonds. The van der Waals surface area contributed by atoms with Gasteiger partial charge in [-0.2, -0.15) is 0 Å². The molecule has 0 aliphatic rings. The van der Waals surface area contributed by atoms with E-state index in [1.165, 1.54) is 12.1 Å². The van der Waals surface area contributed by atoms with Crippen molar-refractivity contribution in [1.82, 2.24) is 9.55 Å². The van der Waals surface area contributed by atoms with Gasteiger partial charge < -0.3 is 4.57 Å². The maximum absolute atomic E-state index is 13.2. The fraction of sp³-hybridized carbons (Fsp3) is 0.0714. The molecule has 0 N–H and O–H groups in total. The zero-order chi connectivity index (χ0) is 12.7. The summed E-state index contributed by atoms with van der Waals surface area (Å²) in [6.07, 6.45) is 0. The highest BCUT2D eigenvalue weighted by Crippen LogP contribution is 2.25. The number of hydrogen-bond donors (Lipinski definition) is 0. The summed E-state index contributed by atoms with van der Waals surface area (Å²) in [6, 6.07) is 11.9. The standard InChI is InChI=1S/C14H10ClFN2/c1-18-13-6-5-10(15)8-12(13)17-14(18)9-3-2-4-11(16)7-9/h2-8H,1H3. The summed E-state index contributed by atoms with van der Waals surface area (Å²) in [5.41, 5.74) is 2.53. The first-order valence-electron chi connectivity index (χ1n) is 5.53. The number of rotatable bonds is 1. The lowest BCUT2D eigenvalue weighted by Crippen LogP contribution is -1.92. The van der Waals surface area contributed by atoms with Crippen LogP contribution in [-0.2, 0) is 7.05 Å². The summed E-state index contributed by atoms with van der Waals surface area (Å²) in [6.45, 7) is 0. The fourth-order valence-electron chi connectivity index (χ4n) is 2.06. The quantitative estimate of drug-likeness (QED) is 0.646. The molecule has 0 fully saturated rings. The van der Waals surface area contributed by atoms with Crippen LogP contribution in [0.2, 0.25) is 5.02 Å². The van der Waals surface area contributed by atoms with Crippen LogP contribution in [0.4, 0.5) is 4.39 Å². The number of fused-ring (bicyclic) bond motifs is 1. The zero-order valence-electron chi connectivity index (χ0n) is 9.69. The average molecular weight is 261 g/mol. The molecule has 4 heteroatoms. The average Bonchev–Trinajstić information content (AvgIpc) is 2.66. The molecule has 0 saturated carbocycles. The molecule has 3 aromatic rings. The van der Waals surface area contributed by atoms with Gasteiger partial charge in [0.15, 0.2) is 0 Å². The Morgan fingerprint density at radius 3 is 2.78 bits per heavy atom. The molecule has 0 unspecified atom stereocenters. The molecule has 0 aliphatic heterocycles. The second-order valence-electron chi connectivity index (χ2n) is 4.14. The Hall–Kier alpha value is -1.87.